The van der Waals surface area contributed by atoms with Crippen molar-refractivity contribution in [3.8, 4) is 5.75 Å². The molecule has 0 bridgehead atoms. The fourth-order valence-corrected chi connectivity index (χ4v) is 1.54. The summed E-state index contributed by atoms with van der Waals surface area (Å²) in [5, 5.41) is 11.4. The van der Waals surface area contributed by atoms with Gasteiger partial charge in [0, 0.05) is 13.3 Å². The van der Waals surface area contributed by atoms with Gasteiger partial charge in [0.1, 0.15) is 11.8 Å². The Morgan fingerprint density at radius 2 is 2.06 bits per heavy atom. The van der Waals surface area contributed by atoms with Gasteiger partial charge in [0.15, 0.2) is 0 Å². The molecule has 0 aliphatic carbocycles. The molecular weight excluding hydrogens is 222 g/mol. The van der Waals surface area contributed by atoms with E-state index in [1.807, 2.05) is 0 Å². The van der Waals surface area contributed by atoms with Crippen LogP contribution in [0, 0.1) is 0 Å². The Morgan fingerprint density at radius 1 is 1.41 bits per heavy atom. The lowest BCUT2D eigenvalue weighted by atomic mass is 10.0. The van der Waals surface area contributed by atoms with Crippen molar-refractivity contribution in [2.24, 2.45) is 0 Å². The molecule has 1 aromatic rings. The molecule has 0 saturated heterocycles. The van der Waals surface area contributed by atoms with E-state index in [1.54, 1.807) is 24.3 Å². The number of rotatable bonds is 5. The van der Waals surface area contributed by atoms with Gasteiger partial charge in [-0.15, -0.1) is 0 Å². The maximum absolute atomic E-state index is 11.0. The molecule has 1 rings (SSSR count). The molecule has 2 N–H and O–H groups in total. The number of ether oxygens (including phenoxy) is 1. The van der Waals surface area contributed by atoms with Crippen LogP contribution in [0.3, 0.4) is 0 Å². The largest absolute Gasteiger partial charge is 0.496 e. The smallest absolute Gasteiger partial charge is 0.326 e. The van der Waals surface area contributed by atoms with E-state index in [4.69, 9.17) is 9.84 Å². The van der Waals surface area contributed by atoms with Crippen molar-refractivity contribution < 1.29 is 19.4 Å². The standard InChI is InChI=1S/C12H15NO4/c1-8(14)13-10(12(15)16)7-9-5-3-4-6-11(9)17-2/h3-6,10H,7H2,1-2H3,(H,13,14)(H,15,16)/t10-/m0/s1. The van der Waals surface area contributed by atoms with Crippen LogP contribution in [0.15, 0.2) is 24.3 Å². The maximum Gasteiger partial charge on any atom is 0.326 e. The summed E-state index contributed by atoms with van der Waals surface area (Å²) in [6, 6.07) is 6.18. The summed E-state index contributed by atoms with van der Waals surface area (Å²) < 4.78 is 5.13. The highest BCUT2D eigenvalue weighted by Gasteiger charge is 2.20. The van der Waals surface area contributed by atoms with Crippen molar-refractivity contribution in [3.63, 3.8) is 0 Å². The van der Waals surface area contributed by atoms with Gasteiger partial charge in [-0.05, 0) is 11.6 Å². The Balaban J connectivity index is 2.85. The van der Waals surface area contributed by atoms with Crippen molar-refractivity contribution >= 4 is 11.9 Å². The van der Waals surface area contributed by atoms with Crippen LogP contribution in [-0.2, 0) is 16.0 Å². The van der Waals surface area contributed by atoms with Crippen LogP contribution in [0.5, 0.6) is 5.75 Å². The van der Waals surface area contributed by atoms with Crippen molar-refractivity contribution in [2.75, 3.05) is 7.11 Å². The average molecular weight is 237 g/mol. The number of benzene rings is 1. The van der Waals surface area contributed by atoms with Gasteiger partial charge >= 0.3 is 5.97 Å². The van der Waals surface area contributed by atoms with Crippen LogP contribution in [-0.4, -0.2) is 30.1 Å². The molecule has 5 nitrogen and oxygen atoms in total. The second-order valence-corrected chi connectivity index (χ2v) is 3.61. The highest BCUT2D eigenvalue weighted by molar-refractivity contribution is 5.82. The monoisotopic (exact) mass is 237 g/mol. The maximum atomic E-state index is 11.0. The van der Waals surface area contributed by atoms with E-state index in [1.165, 1.54) is 14.0 Å². The Morgan fingerprint density at radius 3 is 2.59 bits per heavy atom. The topological polar surface area (TPSA) is 75.6 Å². The zero-order valence-electron chi connectivity index (χ0n) is 9.77. The molecule has 5 heteroatoms. The number of carboxylic acids is 1. The first-order valence-corrected chi connectivity index (χ1v) is 5.16. The molecule has 0 saturated carbocycles. The fourth-order valence-electron chi connectivity index (χ4n) is 1.54. The van der Waals surface area contributed by atoms with Crippen molar-refractivity contribution in [1.29, 1.82) is 0 Å². The van der Waals surface area contributed by atoms with Crippen LogP contribution >= 0.6 is 0 Å². The molecular formula is C12H15NO4. The number of carbonyl (C=O) groups excluding carboxylic acids is 1. The minimum atomic E-state index is -1.06. The van der Waals surface area contributed by atoms with Crippen molar-refractivity contribution in [1.82, 2.24) is 5.32 Å². The van der Waals surface area contributed by atoms with E-state index in [0.29, 0.717) is 5.75 Å². The second kappa shape index (κ2) is 5.89. The predicted octanol–water partition coefficient (Wildman–Crippen LogP) is 0.827. The Labute approximate surface area is 99.4 Å². The first-order chi connectivity index (χ1) is 8.04. The third-order valence-electron chi connectivity index (χ3n) is 2.29. The van der Waals surface area contributed by atoms with Gasteiger partial charge in [-0.1, -0.05) is 18.2 Å². The number of aliphatic carboxylic acids is 1. The lowest BCUT2D eigenvalue weighted by Crippen LogP contribution is -2.41. The van der Waals surface area contributed by atoms with Gasteiger partial charge in [-0.2, -0.15) is 0 Å². The summed E-state index contributed by atoms with van der Waals surface area (Å²) in [6.07, 6.45) is 0.193. The molecule has 17 heavy (non-hydrogen) atoms. The Hall–Kier alpha value is -2.04. The number of methoxy groups -OCH3 is 1. The number of hydrogen-bond donors (Lipinski definition) is 2. The molecule has 1 atom stereocenters. The molecule has 0 unspecified atom stereocenters. The molecule has 0 aromatic heterocycles. The summed E-state index contributed by atoms with van der Waals surface area (Å²) in [7, 11) is 1.52. The normalized spacial score (nSPS) is 11.6. The molecule has 0 heterocycles. The third kappa shape index (κ3) is 3.79. The zero-order valence-corrected chi connectivity index (χ0v) is 9.77. The molecule has 0 fully saturated rings. The van der Waals surface area contributed by atoms with Crippen LogP contribution in [0.25, 0.3) is 0 Å². The average Bonchev–Trinajstić information content (AvgIpc) is 2.28. The van der Waals surface area contributed by atoms with Gasteiger partial charge in [-0.25, -0.2) is 4.79 Å². The number of para-hydroxylation sites is 1. The highest BCUT2D eigenvalue weighted by atomic mass is 16.5. The number of amides is 1. The lowest BCUT2D eigenvalue weighted by molar-refractivity contribution is -0.141. The first-order valence-electron chi connectivity index (χ1n) is 5.16. The van der Waals surface area contributed by atoms with Crippen molar-refractivity contribution in [3.05, 3.63) is 29.8 Å². The Kier molecular flexibility index (Phi) is 4.51. The van der Waals surface area contributed by atoms with E-state index in [9.17, 15) is 9.59 Å². The molecule has 1 aromatic carbocycles. The number of hydrogen-bond acceptors (Lipinski definition) is 3. The van der Waals surface area contributed by atoms with Crippen LogP contribution in [0.4, 0.5) is 0 Å². The number of carbonyl (C=O) groups is 2. The summed E-state index contributed by atoms with van der Waals surface area (Å²) in [4.78, 5) is 21.9. The lowest BCUT2D eigenvalue weighted by Gasteiger charge is -2.15. The Bertz CT molecular complexity index is 417. The van der Waals surface area contributed by atoms with Crippen LogP contribution < -0.4 is 10.1 Å². The van der Waals surface area contributed by atoms with Crippen LogP contribution in [0.1, 0.15) is 12.5 Å². The van der Waals surface area contributed by atoms with E-state index in [2.05, 4.69) is 5.32 Å². The van der Waals surface area contributed by atoms with Gasteiger partial charge in [0.2, 0.25) is 5.91 Å². The molecule has 1 amide bonds. The van der Waals surface area contributed by atoms with E-state index in [0.717, 1.165) is 5.56 Å². The molecule has 0 aliphatic rings. The van der Waals surface area contributed by atoms with E-state index >= 15 is 0 Å². The number of nitrogens with one attached hydrogen (secondary N) is 1. The highest BCUT2D eigenvalue weighted by Crippen LogP contribution is 2.18. The molecule has 0 aliphatic heterocycles. The predicted molar refractivity (Wildman–Crippen MR) is 61.9 cm³/mol. The van der Waals surface area contributed by atoms with Gasteiger partial charge in [-0.3, -0.25) is 4.79 Å². The first kappa shape index (κ1) is 13.0. The van der Waals surface area contributed by atoms with E-state index in [-0.39, 0.29) is 12.3 Å². The summed E-state index contributed by atoms with van der Waals surface area (Å²) in [6.45, 7) is 1.29. The second-order valence-electron chi connectivity index (χ2n) is 3.61. The van der Waals surface area contributed by atoms with Gasteiger partial charge in [0.05, 0.1) is 7.11 Å². The van der Waals surface area contributed by atoms with Crippen LogP contribution in [0.2, 0.25) is 0 Å². The van der Waals surface area contributed by atoms with E-state index < -0.39 is 12.0 Å². The fraction of sp³-hybridized carbons (Fsp3) is 0.333. The molecule has 0 spiro atoms. The van der Waals surface area contributed by atoms with Gasteiger partial charge in [0.25, 0.3) is 0 Å². The molecule has 0 radical (unpaired) electrons. The van der Waals surface area contributed by atoms with Gasteiger partial charge < -0.3 is 15.2 Å². The molecule has 92 valence electrons. The summed E-state index contributed by atoms with van der Waals surface area (Å²) in [5.74, 6) is -0.817. The quantitative estimate of drug-likeness (QED) is 0.795. The minimum absolute atomic E-state index is 0.193. The summed E-state index contributed by atoms with van der Waals surface area (Å²) in [5.41, 5.74) is 0.746. The third-order valence-corrected chi connectivity index (χ3v) is 2.29. The SMILES string of the molecule is COc1ccccc1C[C@H](NC(C)=O)C(=O)O. The van der Waals surface area contributed by atoms with Crippen molar-refractivity contribution in [2.45, 2.75) is 19.4 Å². The minimum Gasteiger partial charge on any atom is -0.496 e. The zero-order chi connectivity index (χ0) is 12.8. The summed E-state index contributed by atoms with van der Waals surface area (Å²) >= 11 is 0. The number of carboxylic acid groups (broad SMARTS) is 1.